The van der Waals surface area contributed by atoms with Crippen molar-refractivity contribution in [3.8, 4) is 0 Å². The Kier molecular flexibility index (Phi) is 11.6. The molecule has 0 aromatic heterocycles. The summed E-state index contributed by atoms with van der Waals surface area (Å²) in [5.41, 5.74) is 2.39. The summed E-state index contributed by atoms with van der Waals surface area (Å²) in [5.74, 6) is -1.00. The van der Waals surface area contributed by atoms with Crippen LogP contribution < -0.4 is 9.62 Å². The molecule has 0 aliphatic carbocycles. The van der Waals surface area contributed by atoms with Crippen LogP contribution in [0.15, 0.2) is 102 Å². The van der Waals surface area contributed by atoms with Gasteiger partial charge in [-0.1, -0.05) is 95.0 Å². The van der Waals surface area contributed by atoms with Gasteiger partial charge in [0.05, 0.1) is 15.6 Å². The minimum atomic E-state index is -4.32. The number of rotatable bonds is 12. The molecule has 236 valence electrons. The fourth-order valence-corrected chi connectivity index (χ4v) is 6.87. The molecule has 0 saturated carbocycles. The number of carbonyl (C=O) groups excluding carboxylic acids is 2. The number of halogens is 3. The third-order valence-corrected chi connectivity index (χ3v) is 9.57. The largest absolute Gasteiger partial charge is 0.352 e. The van der Waals surface area contributed by atoms with Crippen LogP contribution in [-0.4, -0.2) is 43.8 Å². The Hall–Kier alpha value is -3.56. The maximum atomic E-state index is 14.5. The van der Waals surface area contributed by atoms with Crippen LogP contribution in [0.1, 0.15) is 30.5 Å². The van der Waals surface area contributed by atoms with Gasteiger partial charge in [-0.05, 0) is 74.4 Å². The first-order chi connectivity index (χ1) is 21.3. The van der Waals surface area contributed by atoms with Gasteiger partial charge in [0, 0.05) is 29.1 Å². The molecule has 0 heterocycles. The summed E-state index contributed by atoms with van der Waals surface area (Å²) in [7, 11) is -4.32. The molecule has 0 saturated heterocycles. The summed E-state index contributed by atoms with van der Waals surface area (Å²) in [6.07, 6.45) is 0.189. The predicted molar refractivity (Wildman–Crippen MR) is 181 cm³/mol. The molecule has 1 atom stereocenters. The highest BCUT2D eigenvalue weighted by Gasteiger charge is 2.35. The van der Waals surface area contributed by atoms with E-state index in [0.717, 1.165) is 15.4 Å². The molecule has 0 radical (unpaired) electrons. The van der Waals surface area contributed by atoms with Crippen molar-refractivity contribution in [3.63, 3.8) is 0 Å². The van der Waals surface area contributed by atoms with Crippen LogP contribution in [0.5, 0.6) is 0 Å². The minimum Gasteiger partial charge on any atom is -0.352 e. The molecule has 45 heavy (non-hydrogen) atoms. The van der Waals surface area contributed by atoms with Gasteiger partial charge in [-0.25, -0.2) is 8.42 Å². The second kappa shape index (κ2) is 15.1. The van der Waals surface area contributed by atoms with E-state index < -0.39 is 28.5 Å². The Labute approximate surface area is 279 Å². The molecular formula is C34H34Cl3N3O4S. The van der Waals surface area contributed by atoms with Gasteiger partial charge in [0.1, 0.15) is 12.6 Å². The standard InChI is InChI=1S/C34H34Cl3N3O4S/c1-23(2)38-34(42)32(19-25-8-5-4-6-9-25)39(21-26-10-7-11-27(35)18-26)33(41)22-40(31-20-28(36)14-17-30(31)37)45(43,44)29-15-12-24(3)13-16-29/h4-18,20,23,32H,19,21-22H2,1-3H3,(H,38,42)/t32-/m1/s1. The lowest BCUT2D eigenvalue weighted by Crippen LogP contribution is -2.54. The number of aryl methyl sites for hydroxylation is 1. The maximum absolute atomic E-state index is 14.5. The van der Waals surface area contributed by atoms with Gasteiger partial charge < -0.3 is 10.2 Å². The summed E-state index contributed by atoms with van der Waals surface area (Å²) in [5, 5.41) is 3.71. The fourth-order valence-electron chi connectivity index (χ4n) is 4.79. The first-order valence-corrected chi connectivity index (χ1v) is 16.8. The third-order valence-electron chi connectivity index (χ3n) is 7.01. The predicted octanol–water partition coefficient (Wildman–Crippen LogP) is 7.32. The zero-order valence-corrected chi connectivity index (χ0v) is 28.2. The Morgan fingerprint density at radius 3 is 2.09 bits per heavy atom. The highest BCUT2D eigenvalue weighted by atomic mass is 35.5. The summed E-state index contributed by atoms with van der Waals surface area (Å²) >= 11 is 19.1. The quantitative estimate of drug-likeness (QED) is 0.169. The molecular weight excluding hydrogens is 653 g/mol. The molecule has 4 rings (SSSR count). The van der Waals surface area contributed by atoms with Crippen molar-refractivity contribution in [2.24, 2.45) is 0 Å². The highest BCUT2D eigenvalue weighted by Crippen LogP contribution is 2.33. The smallest absolute Gasteiger partial charge is 0.264 e. The molecule has 0 bridgehead atoms. The minimum absolute atomic E-state index is 0.00982. The monoisotopic (exact) mass is 685 g/mol. The van der Waals surface area contributed by atoms with Crippen molar-refractivity contribution in [2.45, 2.75) is 50.7 Å². The van der Waals surface area contributed by atoms with Gasteiger partial charge in [0.25, 0.3) is 10.0 Å². The highest BCUT2D eigenvalue weighted by molar-refractivity contribution is 7.92. The first-order valence-electron chi connectivity index (χ1n) is 14.3. The van der Waals surface area contributed by atoms with Gasteiger partial charge in [-0.2, -0.15) is 0 Å². The van der Waals surface area contributed by atoms with Crippen LogP contribution in [-0.2, 0) is 32.6 Å². The van der Waals surface area contributed by atoms with Crippen LogP contribution in [0.25, 0.3) is 0 Å². The zero-order valence-electron chi connectivity index (χ0n) is 25.1. The number of sulfonamides is 1. The van der Waals surface area contributed by atoms with Crippen molar-refractivity contribution in [1.29, 1.82) is 0 Å². The number of anilines is 1. The van der Waals surface area contributed by atoms with Crippen molar-refractivity contribution >= 4 is 62.3 Å². The molecule has 0 aliphatic heterocycles. The van der Waals surface area contributed by atoms with Gasteiger partial charge in [-0.3, -0.25) is 13.9 Å². The number of benzene rings is 4. The Balaban J connectivity index is 1.84. The topological polar surface area (TPSA) is 86.8 Å². The summed E-state index contributed by atoms with van der Waals surface area (Å²) in [4.78, 5) is 29.6. The van der Waals surface area contributed by atoms with E-state index in [1.165, 1.54) is 35.2 Å². The first kappa shape index (κ1) is 34.3. The lowest BCUT2D eigenvalue weighted by Gasteiger charge is -2.34. The zero-order chi connectivity index (χ0) is 32.7. The molecule has 4 aromatic carbocycles. The van der Waals surface area contributed by atoms with Gasteiger partial charge >= 0.3 is 0 Å². The number of hydrogen-bond acceptors (Lipinski definition) is 4. The maximum Gasteiger partial charge on any atom is 0.264 e. The van der Waals surface area contributed by atoms with Crippen LogP contribution in [0, 0.1) is 6.92 Å². The summed E-state index contributed by atoms with van der Waals surface area (Å²) in [6.45, 7) is 4.84. The fraction of sp³-hybridized carbons (Fsp3) is 0.235. The molecule has 0 spiro atoms. The summed E-state index contributed by atoms with van der Waals surface area (Å²) < 4.78 is 29.3. The number of nitrogens with one attached hydrogen (secondary N) is 1. The molecule has 0 unspecified atom stereocenters. The number of carbonyl (C=O) groups is 2. The molecule has 4 aromatic rings. The molecule has 11 heteroatoms. The van der Waals surface area contributed by atoms with E-state index in [-0.39, 0.29) is 45.5 Å². The molecule has 0 aliphatic rings. The lowest BCUT2D eigenvalue weighted by molar-refractivity contribution is -0.140. The Morgan fingerprint density at radius 2 is 1.44 bits per heavy atom. The molecule has 0 fully saturated rings. The van der Waals surface area contributed by atoms with E-state index in [4.69, 9.17) is 34.8 Å². The molecule has 7 nitrogen and oxygen atoms in total. The number of amides is 2. The lowest BCUT2D eigenvalue weighted by atomic mass is 10.0. The number of hydrogen-bond donors (Lipinski definition) is 1. The molecule has 1 N–H and O–H groups in total. The van der Waals surface area contributed by atoms with Crippen LogP contribution in [0.2, 0.25) is 15.1 Å². The average molecular weight is 687 g/mol. The van der Waals surface area contributed by atoms with E-state index >= 15 is 0 Å². The van der Waals surface area contributed by atoms with E-state index in [0.29, 0.717) is 10.6 Å². The van der Waals surface area contributed by atoms with Crippen molar-refractivity contribution in [1.82, 2.24) is 10.2 Å². The number of nitrogens with zero attached hydrogens (tertiary/aromatic N) is 2. The van der Waals surface area contributed by atoms with E-state index in [1.807, 2.05) is 51.1 Å². The van der Waals surface area contributed by atoms with Gasteiger partial charge in [0.15, 0.2) is 0 Å². The van der Waals surface area contributed by atoms with Crippen LogP contribution in [0.4, 0.5) is 5.69 Å². The average Bonchev–Trinajstić information content (AvgIpc) is 2.99. The van der Waals surface area contributed by atoms with Crippen LogP contribution >= 0.6 is 34.8 Å². The second-order valence-electron chi connectivity index (χ2n) is 10.9. The SMILES string of the molecule is Cc1ccc(S(=O)(=O)N(CC(=O)N(Cc2cccc(Cl)c2)[C@H](Cc2ccccc2)C(=O)NC(C)C)c2cc(Cl)ccc2Cl)cc1. The molecule has 2 amide bonds. The van der Waals surface area contributed by atoms with E-state index in [2.05, 4.69) is 5.32 Å². The summed E-state index contributed by atoms with van der Waals surface area (Å²) in [6, 6.07) is 25.8. The second-order valence-corrected chi connectivity index (χ2v) is 14.1. The van der Waals surface area contributed by atoms with E-state index in [9.17, 15) is 18.0 Å². The van der Waals surface area contributed by atoms with Gasteiger partial charge in [0.2, 0.25) is 11.8 Å². The Bertz CT molecular complexity index is 1750. The van der Waals surface area contributed by atoms with Crippen molar-refractivity contribution < 1.29 is 18.0 Å². The van der Waals surface area contributed by atoms with E-state index in [1.54, 1.807) is 36.4 Å². The van der Waals surface area contributed by atoms with Crippen LogP contribution in [0.3, 0.4) is 0 Å². The van der Waals surface area contributed by atoms with Gasteiger partial charge in [-0.15, -0.1) is 0 Å². The normalized spacial score (nSPS) is 12.1. The van der Waals surface area contributed by atoms with Crippen molar-refractivity contribution in [2.75, 3.05) is 10.8 Å². The Morgan fingerprint density at radius 1 is 0.800 bits per heavy atom. The van der Waals surface area contributed by atoms with Crippen molar-refractivity contribution in [3.05, 3.63) is 129 Å². The third kappa shape index (κ3) is 9.01.